The van der Waals surface area contributed by atoms with E-state index in [1.165, 1.54) is 18.1 Å². The van der Waals surface area contributed by atoms with Crippen molar-refractivity contribution in [3.05, 3.63) is 82.8 Å². The molecule has 7 heteroatoms. The van der Waals surface area contributed by atoms with Crippen molar-refractivity contribution in [3.8, 4) is 17.0 Å². The Morgan fingerprint density at radius 2 is 1.97 bits per heavy atom. The first kappa shape index (κ1) is 21.4. The van der Waals surface area contributed by atoms with Gasteiger partial charge < -0.3 is 14.8 Å². The fourth-order valence-electron chi connectivity index (χ4n) is 4.66. The normalized spacial score (nSPS) is 17.8. The molecule has 2 aromatic heterocycles. The summed E-state index contributed by atoms with van der Waals surface area (Å²) in [7, 11) is 0. The highest BCUT2D eigenvalue weighted by Crippen LogP contribution is 2.32. The van der Waals surface area contributed by atoms with Crippen LogP contribution in [0.25, 0.3) is 22.2 Å². The summed E-state index contributed by atoms with van der Waals surface area (Å²) in [6.07, 6.45) is 4.68. The highest BCUT2D eigenvalue weighted by atomic mass is 16.5. The highest BCUT2D eigenvalue weighted by Gasteiger charge is 2.26. The second-order valence-corrected chi connectivity index (χ2v) is 8.59. The Bertz CT molecular complexity index is 1240. The number of aliphatic hydroxyl groups excluding tert-OH is 1. The zero-order valence-electron chi connectivity index (χ0n) is 18.4. The molecule has 0 radical (unpaired) electrons. The van der Waals surface area contributed by atoms with Gasteiger partial charge in [-0.15, -0.1) is 0 Å². The van der Waals surface area contributed by atoms with Gasteiger partial charge in [-0.3, -0.25) is 9.69 Å². The number of likely N-dealkylation sites (tertiary alicyclic amines) is 1. The van der Waals surface area contributed by atoms with Crippen LogP contribution in [0.2, 0.25) is 0 Å². The Hall–Kier alpha value is -3.42. The lowest BCUT2D eigenvalue weighted by molar-refractivity contribution is 0.0396. The molecule has 1 saturated heterocycles. The number of ether oxygens (including phenoxy) is 1. The molecular formula is C26H28N4O3. The van der Waals surface area contributed by atoms with E-state index in [0.717, 1.165) is 47.3 Å². The van der Waals surface area contributed by atoms with E-state index in [1.807, 2.05) is 42.6 Å². The summed E-state index contributed by atoms with van der Waals surface area (Å²) in [4.78, 5) is 16.8. The van der Waals surface area contributed by atoms with Gasteiger partial charge in [-0.25, -0.2) is 5.10 Å². The zero-order valence-corrected chi connectivity index (χ0v) is 18.4. The maximum Gasteiger partial charge on any atom is 0.264 e. The van der Waals surface area contributed by atoms with Crippen molar-refractivity contribution in [3.63, 3.8) is 0 Å². The molecular weight excluding hydrogens is 416 g/mol. The molecule has 0 amide bonds. The molecule has 0 spiro atoms. The van der Waals surface area contributed by atoms with Crippen LogP contribution in [-0.4, -0.2) is 51.0 Å². The standard InChI is InChI=1S/C26H28N4O3/c31-20(17-33-25-6-3-4-23-21(25)13-14-27-23)16-30-15-2-1-5-24(30)19-9-7-18(8-10-19)22-11-12-26(32)29-28-22/h3-4,6-14,20,24,27,31H,1-2,5,15-17H2,(H,29,32)/t20-,24?/m0/s1. The Balaban J connectivity index is 1.24. The van der Waals surface area contributed by atoms with Crippen LogP contribution in [0.15, 0.2) is 71.7 Å². The molecule has 3 heterocycles. The van der Waals surface area contributed by atoms with Gasteiger partial charge in [-0.05, 0) is 49.2 Å². The summed E-state index contributed by atoms with van der Waals surface area (Å²) in [6, 6.07) is 19.7. The average Bonchev–Trinajstić information content (AvgIpc) is 3.33. The maximum atomic E-state index is 11.3. The molecule has 1 aliphatic heterocycles. The first-order chi connectivity index (χ1) is 16.2. The van der Waals surface area contributed by atoms with Crippen molar-refractivity contribution in [1.29, 1.82) is 0 Å². The number of aliphatic hydroxyl groups is 1. The van der Waals surface area contributed by atoms with Crippen molar-refractivity contribution >= 4 is 10.9 Å². The summed E-state index contributed by atoms with van der Waals surface area (Å²) in [5.41, 5.74) is 3.75. The molecule has 170 valence electrons. The van der Waals surface area contributed by atoms with Crippen molar-refractivity contribution < 1.29 is 9.84 Å². The van der Waals surface area contributed by atoms with Gasteiger partial charge in [0.1, 0.15) is 18.5 Å². The smallest absolute Gasteiger partial charge is 0.264 e. The van der Waals surface area contributed by atoms with Gasteiger partial charge >= 0.3 is 0 Å². The molecule has 4 aromatic rings. The van der Waals surface area contributed by atoms with E-state index >= 15 is 0 Å². The van der Waals surface area contributed by atoms with Crippen LogP contribution >= 0.6 is 0 Å². The predicted octanol–water partition coefficient (Wildman–Crippen LogP) is 3.89. The third-order valence-electron chi connectivity index (χ3n) is 6.32. The largest absolute Gasteiger partial charge is 0.490 e. The number of piperidine rings is 1. The lowest BCUT2D eigenvalue weighted by atomic mass is 9.94. The second-order valence-electron chi connectivity index (χ2n) is 8.59. The number of β-amino-alcohol motifs (C(OH)–C–C–N with tert-alkyl or cyclic N) is 1. The summed E-state index contributed by atoms with van der Waals surface area (Å²) < 4.78 is 5.97. The molecule has 1 aliphatic rings. The zero-order chi connectivity index (χ0) is 22.6. The summed E-state index contributed by atoms with van der Waals surface area (Å²) in [6.45, 7) is 1.78. The third-order valence-corrected chi connectivity index (χ3v) is 6.32. The molecule has 0 aliphatic carbocycles. The van der Waals surface area contributed by atoms with E-state index in [-0.39, 0.29) is 18.2 Å². The Labute approximate surface area is 192 Å². The van der Waals surface area contributed by atoms with Gasteiger partial charge in [-0.2, -0.15) is 5.10 Å². The van der Waals surface area contributed by atoms with Gasteiger partial charge in [0.25, 0.3) is 5.56 Å². The Morgan fingerprint density at radius 3 is 2.79 bits per heavy atom. The minimum Gasteiger partial charge on any atom is -0.490 e. The lowest BCUT2D eigenvalue weighted by Gasteiger charge is -2.37. The molecule has 1 fully saturated rings. The SMILES string of the molecule is O=c1ccc(-c2ccc(C3CCCCN3C[C@H](O)COc3cccc4[nH]ccc34)cc2)n[nH]1. The van der Waals surface area contributed by atoms with Crippen molar-refractivity contribution in [2.24, 2.45) is 0 Å². The van der Waals surface area contributed by atoms with E-state index in [0.29, 0.717) is 6.54 Å². The number of rotatable bonds is 7. The van der Waals surface area contributed by atoms with E-state index < -0.39 is 6.10 Å². The van der Waals surface area contributed by atoms with E-state index in [1.54, 1.807) is 6.07 Å². The van der Waals surface area contributed by atoms with Crippen LogP contribution in [0.3, 0.4) is 0 Å². The van der Waals surface area contributed by atoms with Gasteiger partial charge in [0.05, 0.1) is 5.69 Å². The molecule has 7 nitrogen and oxygen atoms in total. The van der Waals surface area contributed by atoms with Gasteiger partial charge in [-0.1, -0.05) is 36.8 Å². The first-order valence-electron chi connectivity index (χ1n) is 11.4. The molecule has 0 saturated carbocycles. The van der Waals surface area contributed by atoms with Crippen LogP contribution in [0, 0.1) is 0 Å². The molecule has 2 atom stereocenters. The van der Waals surface area contributed by atoms with Crippen molar-refractivity contribution in [2.75, 3.05) is 19.7 Å². The third kappa shape index (κ3) is 4.84. The number of hydrogen-bond donors (Lipinski definition) is 3. The summed E-state index contributed by atoms with van der Waals surface area (Å²) in [5, 5.41) is 18.4. The molecule has 0 bridgehead atoms. The molecule has 1 unspecified atom stereocenters. The van der Waals surface area contributed by atoms with E-state index in [9.17, 15) is 9.90 Å². The quantitative estimate of drug-likeness (QED) is 0.402. The number of aromatic nitrogens is 3. The fraction of sp³-hybridized carbons (Fsp3) is 0.308. The number of benzene rings is 2. The number of fused-ring (bicyclic) bond motifs is 1. The second kappa shape index (κ2) is 9.60. The highest BCUT2D eigenvalue weighted by molar-refractivity contribution is 5.85. The van der Waals surface area contributed by atoms with Crippen LogP contribution in [0.4, 0.5) is 0 Å². The van der Waals surface area contributed by atoms with Crippen molar-refractivity contribution in [2.45, 2.75) is 31.4 Å². The maximum absolute atomic E-state index is 11.3. The number of nitrogens with one attached hydrogen (secondary N) is 2. The number of nitrogens with zero attached hydrogens (tertiary/aromatic N) is 2. The minimum absolute atomic E-state index is 0.208. The Kier molecular flexibility index (Phi) is 6.24. The van der Waals surface area contributed by atoms with E-state index in [2.05, 4.69) is 32.2 Å². The summed E-state index contributed by atoms with van der Waals surface area (Å²) >= 11 is 0. The number of hydrogen-bond acceptors (Lipinski definition) is 5. The van der Waals surface area contributed by atoms with Crippen molar-refractivity contribution in [1.82, 2.24) is 20.1 Å². The monoisotopic (exact) mass is 444 g/mol. The molecule has 5 rings (SSSR count). The van der Waals surface area contributed by atoms with Gasteiger partial charge in [0.15, 0.2) is 0 Å². The average molecular weight is 445 g/mol. The van der Waals surface area contributed by atoms with E-state index in [4.69, 9.17) is 4.74 Å². The predicted molar refractivity (Wildman–Crippen MR) is 128 cm³/mol. The van der Waals surface area contributed by atoms with Crippen LogP contribution in [0.1, 0.15) is 30.9 Å². The van der Waals surface area contributed by atoms with Crippen LogP contribution in [-0.2, 0) is 0 Å². The Morgan fingerprint density at radius 1 is 1.09 bits per heavy atom. The van der Waals surface area contributed by atoms with Gasteiger partial charge in [0, 0.05) is 41.3 Å². The van der Waals surface area contributed by atoms with Crippen LogP contribution in [0.5, 0.6) is 5.75 Å². The molecule has 3 N–H and O–H groups in total. The summed E-state index contributed by atoms with van der Waals surface area (Å²) in [5.74, 6) is 0.787. The minimum atomic E-state index is -0.579. The molecule has 33 heavy (non-hydrogen) atoms. The number of aromatic amines is 2. The fourth-order valence-corrected chi connectivity index (χ4v) is 4.66. The number of H-pyrrole nitrogens is 2. The van der Waals surface area contributed by atoms with Gasteiger partial charge in [0.2, 0.25) is 0 Å². The first-order valence-corrected chi connectivity index (χ1v) is 11.4. The van der Waals surface area contributed by atoms with Crippen LogP contribution < -0.4 is 10.3 Å². The molecule has 2 aromatic carbocycles. The topological polar surface area (TPSA) is 94.2 Å². The lowest BCUT2D eigenvalue weighted by Crippen LogP contribution is -2.40.